The lowest BCUT2D eigenvalue weighted by Gasteiger charge is -2.22. The van der Waals surface area contributed by atoms with Gasteiger partial charge in [-0.15, -0.1) is 12.4 Å². The van der Waals surface area contributed by atoms with Crippen molar-refractivity contribution in [2.24, 2.45) is 11.1 Å². The van der Waals surface area contributed by atoms with Gasteiger partial charge in [-0.3, -0.25) is 4.79 Å². The number of rotatable bonds is 4. The fourth-order valence-electron chi connectivity index (χ4n) is 2.51. The van der Waals surface area contributed by atoms with Crippen molar-refractivity contribution >= 4 is 28.3 Å². The predicted octanol–water partition coefficient (Wildman–Crippen LogP) is 1.07. The highest BCUT2D eigenvalue weighted by Gasteiger charge is 2.36. The van der Waals surface area contributed by atoms with Gasteiger partial charge in [0.25, 0.3) is 15.9 Å². The van der Waals surface area contributed by atoms with Crippen LogP contribution in [0.25, 0.3) is 0 Å². The Morgan fingerprint density at radius 2 is 2.09 bits per heavy atom. The van der Waals surface area contributed by atoms with Crippen LogP contribution < -0.4 is 5.73 Å². The van der Waals surface area contributed by atoms with Crippen molar-refractivity contribution in [1.82, 2.24) is 9.21 Å². The lowest BCUT2D eigenvalue weighted by Crippen LogP contribution is -2.34. The third-order valence-corrected chi connectivity index (χ3v) is 5.87. The summed E-state index contributed by atoms with van der Waals surface area (Å²) in [5.74, 6) is 0.102. The van der Waals surface area contributed by atoms with Crippen LogP contribution in [0.2, 0.25) is 0 Å². The van der Waals surface area contributed by atoms with Crippen molar-refractivity contribution in [3.05, 3.63) is 17.4 Å². The van der Waals surface area contributed by atoms with Gasteiger partial charge in [0.2, 0.25) is 5.09 Å². The maximum absolute atomic E-state index is 12.6. The van der Waals surface area contributed by atoms with E-state index in [1.54, 1.807) is 11.8 Å². The summed E-state index contributed by atoms with van der Waals surface area (Å²) in [5.41, 5.74) is 5.97. The molecule has 0 radical (unpaired) electrons. The van der Waals surface area contributed by atoms with Crippen LogP contribution in [0.4, 0.5) is 0 Å². The van der Waals surface area contributed by atoms with E-state index in [9.17, 15) is 13.2 Å². The van der Waals surface area contributed by atoms with Crippen LogP contribution in [0.5, 0.6) is 0 Å². The summed E-state index contributed by atoms with van der Waals surface area (Å²) in [6.07, 6.45) is 0.842. The van der Waals surface area contributed by atoms with Gasteiger partial charge in [-0.05, 0) is 25.3 Å². The number of furan rings is 1. The number of hydrogen-bond acceptors (Lipinski definition) is 5. The van der Waals surface area contributed by atoms with Crippen LogP contribution in [0.3, 0.4) is 0 Å². The number of nitrogens with zero attached hydrogens (tertiary/aromatic N) is 2. The minimum atomic E-state index is -3.69. The van der Waals surface area contributed by atoms with Gasteiger partial charge in [-0.2, -0.15) is 0 Å². The highest BCUT2D eigenvalue weighted by Crippen LogP contribution is 2.31. The summed E-state index contributed by atoms with van der Waals surface area (Å²) in [7, 11) is -0.850. The molecule has 0 saturated carbocycles. The van der Waals surface area contributed by atoms with Gasteiger partial charge in [0.1, 0.15) is 5.76 Å². The van der Waals surface area contributed by atoms with Crippen molar-refractivity contribution in [3.63, 3.8) is 0 Å². The second kappa shape index (κ2) is 6.80. The fourth-order valence-corrected chi connectivity index (χ4v) is 3.37. The Kier molecular flexibility index (Phi) is 5.90. The monoisotopic (exact) mass is 365 g/mol. The quantitative estimate of drug-likeness (QED) is 0.860. The van der Waals surface area contributed by atoms with Gasteiger partial charge < -0.3 is 15.1 Å². The maximum atomic E-state index is 12.6. The summed E-state index contributed by atoms with van der Waals surface area (Å²) >= 11 is 0. The second-order valence-corrected chi connectivity index (χ2v) is 8.40. The topological polar surface area (TPSA) is 96.8 Å². The molecule has 1 atom stereocenters. The molecule has 1 aliphatic rings. The normalized spacial score (nSPS) is 21.6. The summed E-state index contributed by atoms with van der Waals surface area (Å²) in [6, 6.07) is 1.31. The van der Waals surface area contributed by atoms with Crippen LogP contribution in [0.1, 0.15) is 29.5 Å². The molecule has 1 aromatic heterocycles. The van der Waals surface area contributed by atoms with Gasteiger partial charge in [0, 0.05) is 33.3 Å². The smallest absolute Gasteiger partial charge is 0.275 e. The van der Waals surface area contributed by atoms with E-state index in [2.05, 4.69) is 0 Å². The summed E-state index contributed by atoms with van der Waals surface area (Å²) < 4.78 is 30.5. The number of carbonyl (C=O) groups is 1. The van der Waals surface area contributed by atoms with E-state index < -0.39 is 10.0 Å². The van der Waals surface area contributed by atoms with Crippen molar-refractivity contribution in [3.8, 4) is 0 Å². The largest absolute Gasteiger partial charge is 0.448 e. The number of halogens is 1. The van der Waals surface area contributed by atoms with Gasteiger partial charge >= 0.3 is 0 Å². The standard InChI is InChI=1S/C14H23N3O4S.ClH/c1-10-11(7-12(21-10)22(19,20)16(3)4)13(18)17-6-5-14(2,8-15)9-17;/h7H,5-6,8-9,15H2,1-4H3;1H. The number of sulfonamides is 1. The molecule has 1 aliphatic heterocycles. The Bertz CT molecular complexity index is 686. The van der Waals surface area contributed by atoms with Crippen LogP contribution >= 0.6 is 12.4 Å². The third kappa shape index (κ3) is 3.71. The van der Waals surface area contributed by atoms with Gasteiger partial charge in [-0.25, -0.2) is 12.7 Å². The molecule has 1 aromatic rings. The summed E-state index contributed by atoms with van der Waals surface area (Å²) in [6.45, 7) is 5.35. The first kappa shape index (κ1) is 20.0. The number of hydrogen-bond donors (Lipinski definition) is 1. The summed E-state index contributed by atoms with van der Waals surface area (Å²) in [5, 5.41) is -0.209. The number of aryl methyl sites for hydroxylation is 1. The average Bonchev–Trinajstić information content (AvgIpc) is 3.03. The Balaban J connectivity index is 0.00000264. The van der Waals surface area contributed by atoms with E-state index in [4.69, 9.17) is 10.2 Å². The third-order valence-electron chi connectivity index (χ3n) is 4.20. The van der Waals surface area contributed by atoms with E-state index in [-0.39, 0.29) is 28.8 Å². The van der Waals surface area contributed by atoms with Gasteiger partial charge in [-0.1, -0.05) is 6.92 Å². The maximum Gasteiger partial charge on any atom is 0.275 e. The number of amides is 1. The van der Waals surface area contributed by atoms with E-state index in [1.165, 1.54) is 20.2 Å². The minimum Gasteiger partial charge on any atom is -0.448 e. The van der Waals surface area contributed by atoms with Crippen molar-refractivity contribution in [2.75, 3.05) is 33.7 Å². The number of likely N-dealkylation sites (tertiary alicyclic amines) is 1. The lowest BCUT2D eigenvalue weighted by atomic mass is 9.90. The highest BCUT2D eigenvalue weighted by atomic mass is 35.5. The van der Waals surface area contributed by atoms with Crippen molar-refractivity contribution in [2.45, 2.75) is 25.4 Å². The van der Waals surface area contributed by atoms with Crippen LogP contribution in [0, 0.1) is 12.3 Å². The Morgan fingerprint density at radius 1 is 1.48 bits per heavy atom. The molecular weight excluding hydrogens is 342 g/mol. The lowest BCUT2D eigenvalue weighted by molar-refractivity contribution is 0.0775. The molecule has 7 nitrogen and oxygen atoms in total. The first-order valence-electron chi connectivity index (χ1n) is 7.13. The molecule has 0 aromatic carbocycles. The molecule has 9 heteroatoms. The molecule has 1 fully saturated rings. The molecule has 1 unspecified atom stereocenters. The molecule has 1 saturated heterocycles. The zero-order valence-electron chi connectivity index (χ0n) is 13.8. The van der Waals surface area contributed by atoms with Gasteiger partial charge in [0.15, 0.2) is 0 Å². The summed E-state index contributed by atoms with van der Waals surface area (Å²) in [4.78, 5) is 14.3. The van der Waals surface area contributed by atoms with E-state index in [1.807, 2.05) is 6.92 Å². The molecule has 0 spiro atoms. The molecule has 23 heavy (non-hydrogen) atoms. The number of carbonyl (C=O) groups excluding carboxylic acids is 1. The van der Waals surface area contributed by atoms with Crippen LogP contribution in [-0.2, 0) is 10.0 Å². The first-order valence-corrected chi connectivity index (χ1v) is 8.57. The van der Waals surface area contributed by atoms with E-state index >= 15 is 0 Å². The van der Waals surface area contributed by atoms with Crippen molar-refractivity contribution < 1.29 is 17.6 Å². The van der Waals surface area contributed by atoms with Crippen LogP contribution in [0.15, 0.2) is 15.6 Å². The van der Waals surface area contributed by atoms with Gasteiger partial charge in [0.05, 0.1) is 5.56 Å². The molecule has 2 rings (SSSR count). The molecular formula is C14H24ClN3O4S. The first-order chi connectivity index (χ1) is 10.1. The van der Waals surface area contributed by atoms with Crippen LogP contribution in [-0.4, -0.2) is 57.3 Å². The average molecular weight is 366 g/mol. The molecule has 2 heterocycles. The molecule has 2 N–H and O–H groups in total. The zero-order chi connectivity index (χ0) is 16.7. The minimum absolute atomic E-state index is 0. The van der Waals surface area contributed by atoms with E-state index in [0.29, 0.717) is 31.0 Å². The second-order valence-electron chi connectivity index (χ2n) is 6.31. The number of nitrogens with two attached hydrogens (primary N) is 1. The predicted molar refractivity (Wildman–Crippen MR) is 89.2 cm³/mol. The molecule has 0 bridgehead atoms. The zero-order valence-corrected chi connectivity index (χ0v) is 15.5. The molecule has 0 aliphatic carbocycles. The van der Waals surface area contributed by atoms with Crippen molar-refractivity contribution in [1.29, 1.82) is 0 Å². The Labute approximate surface area is 143 Å². The molecule has 1 amide bonds. The Morgan fingerprint density at radius 3 is 2.57 bits per heavy atom. The molecule has 132 valence electrons. The highest BCUT2D eigenvalue weighted by molar-refractivity contribution is 7.88. The SMILES string of the molecule is Cc1oc(S(=O)(=O)N(C)C)cc1C(=O)N1CCC(C)(CN)C1.Cl. The Hall–Kier alpha value is -1.09. The van der Waals surface area contributed by atoms with E-state index in [0.717, 1.165) is 10.7 Å². The fraction of sp³-hybridized carbons (Fsp3) is 0.643.